The number of aromatic nitrogens is 1. The minimum atomic E-state index is -0.864. The second-order valence-corrected chi connectivity index (χ2v) is 7.17. The molecule has 1 aromatic heterocycles. The van der Waals surface area contributed by atoms with Crippen LogP contribution in [0.1, 0.15) is 39.7 Å². The summed E-state index contributed by atoms with van der Waals surface area (Å²) >= 11 is 4.73. The molecule has 4 nitrogen and oxygen atoms in total. The summed E-state index contributed by atoms with van der Waals surface area (Å²) in [7, 11) is 1.95. The van der Waals surface area contributed by atoms with Crippen LogP contribution in [0.2, 0.25) is 0 Å². The van der Waals surface area contributed by atoms with Crippen LogP contribution < -0.4 is 4.90 Å². The molecule has 0 radical (unpaired) electrons. The Morgan fingerprint density at radius 2 is 2.29 bits per heavy atom. The zero-order valence-corrected chi connectivity index (χ0v) is 13.9. The first-order valence-electron chi connectivity index (χ1n) is 6.74. The molecule has 1 aliphatic rings. The molecule has 21 heavy (non-hydrogen) atoms. The molecule has 3 rings (SSSR count). The molecule has 1 aliphatic carbocycles. The minimum absolute atomic E-state index is 0.348. The fraction of sp³-hybridized carbons (Fsp3) is 0.333. The number of rotatable bonds is 5. The number of hydrogen-bond acceptors (Lipinski definition) is 4. The van der Waals surface area contributed by atoms with Gasteiger partial charge in [-0.25, -0.2) is 9.78 Å². The second kappa shape index (κ2) is 5.77. The van der Waals surface area contributed by atoms with Crippen molar-refractivity contribution in [2.45, 2.75) is 25.3 Å². The number of benzene rings is 1. The van der Waals surface area contributed by atoms with E-state index in [9.17, 15) is 9.90 Å². The Kier molecular flexibility index (Phi) is 3.99. The monoisotopic (exact) mass is 366 g/mol. The van der Waals surface area contributed by atoms with Crippen LogP contribution in [0.15, 0.2) is 28.7 Å². The molecule has 1 heterocycles. The van der Waals surface area contributed by atoms with Crippen molar-refractivity contribution < 1.29 is 9.90 Å². The van der Waals surface area contributed by atoms with Gasteiger partial charge in [-0.15, -0.1) is 0 Å². The van der Waals surface area contributed by atoms with Crippen molar-refractivity contribution in [1.82, 2.24) is 4.98 Å². The maximum absolute atomic E-state index is 11.3. The molecule has 2 aromatic rings. The zero-order valence-electron chi connectivity index (χ0n) is 11.5. The van der Waals surface area contributed by atoms with Crippen molar-refractivity contribution >= 4 is 38.4 Å². The summed E-state index contributed by atoms with van der Waals surface area (Å²) in [5.41, 5.74) is 1.93. The fourth-order valence-corrected chi connectivity index (χ4v) is 3.64. The first-order valence-corrected chi connectivity index (χ1v) is 8.35. The number of thiazole rings is 1. The van der Waals surface area contributed by atoms with Crippen LogP contribution in [0.3, 0.4) is 0 Å². The van der Waals surface area contributed by atoms with Gasteiger partial charge in [0.15, 0.2) is 5.13 Å². The third kappa shape index (κ3) is 3.27. The summed E-state index contributed by atoms with van der Waals surface area (Å²) in [6, 6.07) is 8.09. The number of halogens is 1. The summed E-state index contributed by atoms with van der Waals surface area (Å²) in [6.45, 7) is 0.704. The molecule has 0 amide bonds. The Labute approximate surface area is 135 Å². The van der Waals surface area contributed by atoms with E-state index in [-0.39, 0.29) is 0 Å². The van der Waals surface area contributed by atoms with Gasteiger partial charge in [-0.05, 0) is 30.5 Å². The van der Waals surface area contributed by atoms with Crippen LogP contribution in [-0.4, -0.2) is 23.1 Å². The highest BCUT2D eigenvalue weighted by Crippen LogP contribution is 2.44. The molecular formula is C15H15BrN2O2S. The highest BCUT2D eigenvalue weighted by atomic mass is 79.9. The number of nitrogens with zero attached hydrogens (tertiary/aromatic N) is 2. The number of aromatic carboxylic acids is 1. The molecule has 0 spiro atoms. The lowest BCUT2D eigenvalue weighted by Crippen LogP contribution is -2.16. The van der Waals surface area contributed by atoms with E-state index in [1.807, 2.05) is 24.1 Å². The van der Waals surface area contributed by atoms with Gasteiger partial charge in [-0.3, -0.25) is 0 Å². The molecule has 0 unspecified atom stereocenters. The molecule has 0 aliphatic heterocycles. The molecular weight excluding hydrogens is 352 g/mol. The SMILES string of the molecule is CN(Cc1cccc(Br)c1)c1nc(C2CC2)c(C(=O)O)s1. The van der Waals surface area contributed by atoms with Gasteiger partial charge in [0.25, 0.3) is 0 Å². The van der Waals surface area contributed by atoms with E-state index in [2.05, 4.69) is 33.0 Å². The number of hydrogen-bond donors (Lipinski definition) is 1. The van der Waals surface area contributed by atoms with E-state index >= 15 is 0 Å². The van der Waals surface area contributed by atoms with E-state index in [1.165, 1.54) is 11.3 Å². The normalized spacial score (nSPS) is 14.2. The Morgan fingerprint density at radius 1 is 1.52 bits per heavy atom. The van der Waals surface area contributed by atoms with Crippen LogP contribution >= 0.6 is 27.3 Å². The molecule has 1 saturated carbocycles. The van der Waals surface area contributed by atoms with Crippen molar-refractivity contribution in [2.75, 3.05) is 11.9 Å². The number of carboxylic acid groups (broad SMARTS) is 1. The van der Waals surface area contributed by atoms with Gasteiger partial charge in [-0.1, -0.05) is 39.4 Å². The van der Waals surface area contributed by atoms with Crippen LogP contribution in [-0.2, 0) is 6.54 Å². The highest BCUT2D eigenvalue weighted by molar-refractivity contribution is 9.10. The Balaban J connectivity index is 1.82. The molecule has 1 fully saturated rings. The average Bonchev–Trinajstić information content (AvgIpc) is 3.17. The smallest absolute Gasteiger partial charge is 0.347 e. The first kappa shape index (κ1) is 14.5. The van der Waals surface area contributed by atoms with Gasteiger partial charge in [0.1, 0.15) is 4.88 Å². The number of anilines is 1. The lowest BCUT2D eigenvalue weighted by Gasteiger charge is -2.15. The third-order valence-corrected chi connectivity index (χ3v) is 5.10. The van der Waals surface area contributed by atoms with Gasteiger partial charge in [0.05, 0.1) is 5.69 Å². The van der Waals surface area contributed by atoms with Crippen molar-refractivity contribution in [2.24, 2.45) is 0 Å². The predicted molar refractivity (Wildman–Crippen MR) is 87.3 cm³/mol. The predicted octanol–water partition coefficient (Wildman–Crippen LogP) is 4.12. The summed E-state index contributed by atoms with van der Waals surface area (Å²) in [5.74, 6) is -0.517. The van der Waals surface area contributed by atoms with Crippen molar-refractivity contribution in [3.05, 3.63) is 44.9 Å². The van der Waals surface area contributed by atoms with Gasteiger partial charge >= 0.3 is 5.97 Å². The topological polar surface area (TPSA) is 53.4 Å². The number of carbonyl (C=O) groups is 1. The average molecular weight is 367 g/mol. The van der Waals surface area contributed by atoms with E-state index < -0.39 is 5.97 Å². The van der Waals surface area contributed by atoms with Crippen LogP contribution in [0.5, 0.6) is 0 Å². The Bertz CT molecular complexity index is 682. The zero-order chi connectivity index (χ0) is 15.0. The fourth-order valence-electron chi connectivity index (χ4n) is 2.25. The largest absolute Gasteiger partial charge is 0.477 e. The molecule has 110 valence electrons. The van der Waals surface area contributed by atoms with Gasteiger partial charge < -0.3 is 10.0 Å². The quantitative estimate of drug-likeness (QED) is 0.864. The Morgan fingerprint density at radius 3 is 2.90 bits per heavy atom. The minimum Gasteiger partial charge on any atom is -0.477 e. The summed E-state index contributed by atoms with van der Waals surface area (Å²) < 4.78 is 1.04. The molecule has 1 aromatic carbocycles. The first-order chi connectivity index (χ1) is 10.0. The van der Waals surface area contributed by atoms with E-state index in [0.29, 0.717) is 17.3 Å². The highest BCUT2D eigenvalue weighted by Gasteiger charge is 2.32. The van der Waals surface area contributed by atoms with E-state index in [4.69, 9.17) is 0 Å². The third-order valence-electron chi connectivity index (χ3n) is 3.44. The summed E-state index contributed by atoms with van der Waals surface area (Å²) in [5, 5.41) is 10.1. The standard InChI is InChI=1S/C15H15BrN2O2S/c1-18(8-9-3-2-4-11(16)7-9)15-17-12(10-5-6-10)13(21-15)14(19)20/h2-4,7,10H,5-6,8H2,1H3,(H,19,20). The molecule has 6 heteroatoms. The molecule has 0 saturated heterocycles. The van der Waals surface area contributed by atoms with Crippen molar-refractivity contribution in [3.8, 4) is 0 Å². The molecule has 0 atom stereocenters. The number of carboxylic acids is 1. The van der Waals surface area contributed by atoms with Crippen molar-refractivity contribution in [1.29, 1.82) is 0 Å². The van der Waals surface area contributed by atoms with Crippen molar-refractivity contribution in [3.63, 3.8) is 0 Å². The summed E-state index contributed by atoms with van der Waals surface area (Å²) in [6.07, 6.45) is 2.11. The maximum Gasteiger partial charge on any atom is 0.347 e. The van der Waals surface area contributed by atoms with E-state index in [1.54, 1.807) is 0 Å². The van der Waals surface area contributed by atoms with Crippen LogP contribution in [0, 0.1) is 0 Å². The van der Waals surface area contributed by atoms with Crippen LogP contribution in [0.4, 0.5) is 5.13 Å². The molecule has 1 N–H and O–H groups in total. The maximum atomic E-state index is 11.3. The summed E-state index contributed by atoms with van der Waals surface area (Å²) in [4.78, 5) is 18.3. The lowest BCUT2D eigenvalue weighted by atomic mass is 10.2. The lowest BCUT2D eigenvalue weighted by molar-refractivity contribution is 0.0700. The molecule has 0 bridgehead atoms. The van der Waals surface area contributed by atoms with Gasteiger partial charge in [0, 0.05) is 24.0 Å². The Hall–Kier alpha value is -1.40. The van der Waals surface area contributed by atoms with Gasteiger partial charge in [-0.2, -0.15) is 0 Å². The second-order valence-electron chi connectivity index (χ2n) is 5.28. The van der Waals surface area contributed by atoms with E-state index in [0.717, 1.165) is 33.7 Å². The van der Waals surface area contributed by atoms with Gasteiger partial charge in [0.2, 0.25) is 0 Å². The van der Waals surface area contributed by atoms with Crippen LogP contribution in [0.25, 0.3) is 0 Å².